The number of ether oxygens (including phenoxy) is 2. The Morgan fingerprint density at radius 2 is 1.92 bits per heavy atom. The molecule has 0 saturated carbocycles. The summed E-state index contributed by atoms with van der Waals surface area (Å²) in [7, 11) is 5.62. The molecule has 0 N–H and O–H groups in total. The summed E-state index contributed by atoms with van der Waals surface area (Å²) in [4.78, 5) is 6.28. The molecular formula is C9H20N2O2. The predicted molar refractivity (Wildman–Crippen MR) is 54.4 cm³/mol. The molecule has 0 amide bonds. The maximum absolute atomic E-state index is 5.25. The first kappa shape index (κ1) is 12.4. The highest BCUT2D eigenvalue weighted by molar-refractivity contribution is 5.79. The van der Waals surface area contributed by atoms with Crippen LogP contribution < -0.4 is 0 Å². The lowest BCUT2D eigenvalue weighted by Crippen LogP contribution is -2.19. The molecule has 0 rings (SSSR count). The molecule has 0 aliphatic heterocycles. The van der Waals surface area contributed by atoms with Crippen LogP contribution in [0.4, 0.5) is 0 Å². The average molecular weight is 188 g/mol. The second kappa shape index (κ2) is 8.01. The fourth-order valence-corrected chi connectivity index (χ4v) is 0.658. The Morgan fingerprint density at radius 1 is 1.23 bits per heavy atom. The SMILES string of the molecule is COCCOCCN=C(C)N(C)C. The molecule has 0 aliphatic rings. The molecule has 0 spiro atoms. The third kappa shape index (κ3) is 7.74. The largest absolute Gasteiger partial charge is 0.382 e. The average Bonchev–Trinajstić information content (AvgIpc) is 2.10. The van der Waals surface area contributed by atoms with Crippen molar-refractivity contribution in [1.29, 1.82) is 0 Å². The number of rotatable bonds is 6. The van der Waals surface area contributed by atoms with Crippen molar-refractivity contribution < 1.29 is 9.47 Å². The first-order valence-corrected chi connectivity index (χ1v) is 4.43. The van der Waals surface area contributed by atoms with Gasteiger partial charge < -0.3 is 14.4 Å². The predicted octanol–water partition coefficient (Wildman–Crippen LogP) is 0.629. The Labute approximate surface area is 80.5 Å². The zero-order valence-electron chi connectivity index (χ0n) is 9.04. The number of hydrogen-bond donors (Lipinski definition) is 0. The van der Waals surface area contributed by atoms with E-state index >= 15 is 0 Å². The van der Waals surface area contributed by atoms with E-state index in [0.717, 1.165) is 5.84 Å². The number of amidine groups is 1. The summed E-state index contributed by atoms with van der Waals surface area (Å²) >= 11 is 0. The highest BCUT2D eigenvalue weighted by Crippen LogP contribution is 1.83. The molecule has 0 aliphatic carbocycles. The molecule has 0 aromatic heterocycles. The maximum atomic E-state index is 5.25. The van der Waals surface area contributed by atoms with Crippen molar-refractivity contribution in [3.63, 3.8) is 0 Å². The first-order chi connectivity index (χ1) is 6.18. The van der Waals surface area contributed by atoms with Crippen LogP contribution in [-0.4, -0.2) is 58.3 Å². The summed E-state index contributed by atoms with van der Waals surface area (Å²) in [5.74, 6) is 1.02. The Kier molecular flexibility index (Phi) is 7.63. The zero-order valence-corrected chi connectivity index (χ0v) is 9.04. The molecule has 0 heterocycles. The van der Waals surface area contributed by atoms with Crippen LogP contribution in [0.25, 0.3) is 0 Å². The molecule has 0 radical (unpaired) electrons. The molecule has 0 aromatic carbocycles. The molecular weight excluding hydrogens is 168 g/mol. The molecule has 0 atom stereocenters. The quantitative estimate of drug-likeness (QED) is 0.348. The van der Waals surface area contributed by atoms with E-state index in [1.165, 1.54) is 0 Å². The van der Waals surface area contributed by atoms with E-state index in [1.54, 1.807) is 7.11 Å². The summed E-state index contributed by atoms with van der Waals surface area (Å²) in [5, 5.41) is 0. The Balaban J connectivity index is 3.29. The molecule has 13 heavy (non-hydrogen) atoms. The van der Waals surface area contributed by atoms with E-state index in [-0.39, 0.29) is 0 Å². The smallest absolute Gasteiger partial charge is 0.0953 e. The summed E-state index contributed by atoms with van der Waals surface area (Å²) < 4.78 is 10.1. The van der Waals surface area contributed by atoms with Gasteiger partial charge in [-0.05, 0) is 6.92 Å². The van der Waals surface area contributed by atoms with Crippen LogP contribution in [0.5, 0.6) is 0 Å². The van der Waals surface area contributed by atoms with E-state index in [1.807, 2.05) is 25.9 Å². The van der Waals surface area contributed by atoms with Gasteiger partial charge in [-0.15, -0.1) is 0 Å². The van der Waals surface area contributed by atoms with Crippen LogP contribution in [0.2, 0.25) is 0 Å². The van der Waals surface area contributed by atoms with Crippen LogP contribution in [0.15, 0.2) is 4.99 Å². The third-order valence-corrected chi connectivity index (χ3v) is 1.66. The van der Waals surface area contributed by atoms with Gasteiger partial charge in [-0.3, -0.25) is 4.99 Å². The molecule has 78 valence electrons. The normalized spacial score (nSPS) is 11.8. The summed E-state index contributed by atoms with van der Waals surface area (Å²) in [5.41, 5.74) is 0. The minimum atomic E-state index is 0.646. The molecule has 0 aromatic rings. The van der Waals surface area contributed by atoms with Gasteiger partial charge in [-0.25, -0.2) is 0 Å². The lowest BCUT2D eigenvalue weighted by atomic mass is 10.6. The van der Waals surface area contributed by atoms with Crippen LogP contribution >= 0.6 is 0 Å². The van der Waals surface area contributed by atoms with E-state index in [4.69, 9.17) is 9.47 Å². The highest BCUT2D eigenvalue weighted by Gasteiger charge is 1.91. The zero-order chi connectivity index (χ0) is 10.1. The van der Waals surface area contributed by atoms with Crippen LogP contribution in [0.1, 0.15) is 6.92 Å². The lowest BCUT2D eigenvalue weighted by Gasteiger charge is -2.10. The standard InChI is InChI=1S/C9H20N2O2/c1-9(11(2)3)10-5-6-13-8-7-12-4/h5-8H2,1-4H3. The summed E-state index contributed by atoms with van der Waals surface area (Å²) in [6, 6.07) is 0. The van der Waals surface area contributed by atoms with Crippen molar-refractivity contribution in [2.45, 2.75) is 6.92 Å². The molecule has 4 nitrogen and oxygen atoms in total. The Hall–Kier alpha value is -0.610. The van der Waals surface area contributed by atoms with Gasteiger partial charge in [-0.1, -0.05) is 0 Å². The second-order valence-corrected chi connectivity index (χ2v) is 2.93. The number of nitrogens with zero attached hydrogens (tertiary/aromatic N) is 2. The van der Waals surface area contributed by atoms with Crippen LogP contribution in [0.3, 0.4) is 0 Å². The maximum Gasteiger partial charge on any atom is 0.0953 e. The number of aliphatic imine (C=N–C) groups is 1. The summed E-state index contributed by atoms with van der Waals surface area (Å²) in [6.45, 7) is 4.65. The molecule has 4 heteroatoms. The Morgan fingerprint density at radius 3 is 2.46 bits per heavy atom. The monoisotopic (exact) mass is 188 g/mol. The molecule has 0 saturated heterocycles. The topological polar surface area (TPSA) is 34.1 Å². The van der Waals surface area contributed by atoms with Crippen LogP contribution in [-0.2, 0) is 9.47 Å². The minimum absolute atomic E-state index is 0.646. The van der Waals surface area contributed by atoms with Gasteiger partial charge in [-0.2, -0.15) is 0 Å². The fraction of sp³-hybridized carbons (Fsp3) is 0.889. The van der Waals surface area contributed by atoms with E-state index in [2.05, 4.69) is 4.99 Å². The number of methoxy groups -OCH3 is 1. The van der Waals surface area contributed by atoms with Gasteiger partial charge in [0, 0.05) is 21.2 Å². The minimum Gasteiger partial charge on any atom is -0.382 e. The molecule has 0 unspecified atom stereocenters. The van der Waals surface area contributed by atoms with Gasteiger partial charge in [0.25, 0.3) is 0 Å². The van der Waals surface area contributed by atoms with E-state index in [0.29, 0.717) is 26.4 Å². The van der Waals surface area contributed by atoms with Gasteiger partial charge in [0.2, 0.25) is 0 Å². The second-order valence-electron chi connectivity index (χ2n) is 2.93. The van der Waals surface area contributed by atoms with Crippen molar-refractivity contribution in [1.82, 2.24) is 4.90 Å². The molecule has 0 fully saturated rings. The van der Waals surface area contributed by atoms with Crippen molar-refractivity contribution in [3.8, 4) is 0 Å². The van der Waals surface area contributed by atoms with E-state index < -0.39 is 0 Å². The van der Waals surface area contributed by atoms with Gasteiger partial charge >= 0.3 is 0 Å². The van der Waals surface area contributed by atoms with Gasteiger partial charge in [0.1, 0.15) is 0 Å². The van der Waals surface area contributed by atoms with Crippen molar-refractivity contribution in [3.05, 3.63) is 0 Å². The lowest BCUT2D eigenvalue weighted by molar-refractivity contribution is 0.0748. The fourth-order valence-electron chi connectivity index (χ4n) is 0.658. The van der Waals surface area contributed by atoms with Crippen molar-refractivity contribution in [2.75, 3.05) is 47.6 Å². The highest BCUT2D eigenvalue weighted by atomic mass is 16.5. The van der Waals surface area contributed by atoms with Crippen molar-refractivity contribution >= 4 is 5.84 Å². The Bertz CT molecular complexity index is 147. The first-order valence-electron chi connectivity index (χ1n) is 4.43. The van der Waals surface area contributed by atoms with Gasteiger partial charge in [0.15, 0.2) is 0 Å². The molecule has 0 bridgehead atoms. The number of hydrogen-bond acceptors (Lipinski definition) is 3. The van der Waals surface area contributed by atoms with Crippen molar-refractivity contribution in [2.24, 2.45) is 4.99 Å². The van der Waals surface area contributed by atoms with Gasteiger partial charge in [0.05, 0.1) is 32.2 Å². The third-order valence-electron chi connectivity index (χ3n) is 1.66. The summed E-state index contributed by atoms with van der Waals surface area (Å²) in [6.07, 6.45) is 0. The van der Waals surface area contributed by atoms with E-state index in [9.17, 15) is 0 Å². The van der Waals surface area contributed by atoms with Crippen LogP contribution in [0, 0.1) is 0 Å².